The topological polar surface area (TPSA) is 58.6 Å². The number of carbonyl (C=O) groups excluding carboxylic acids is 2. The molecule has 5 heteroatoms. The van der Waals surface area contributed by atoms with Crippen molar-refractivity contribution in [3.63, 3.8) is 0 Å². The van der Waals surface area contributed by atoms with Gasteiger partial charge in [0.25, 0.3) is 0 Å². The van der Waals surface area contributed by atoms with Gasteiger partial charge in [-0.1, -0.05) is 27.7 Å². The first-order chi connectivity index (χ1) is 11.5. The molecule has 0 aromatic heterocycles. The standard InChI is InChI=1S/C20H30N2O3/c1-7-10-22-15-11-14(21-17(23)12-19(2,3)4)8-9-16(15)25-13-20(5,6)18(22)24/h8-9,11H,7,10,12-13H2,1-6H3,(H,21,23). The van der Waals surface area contributed by atoms with E-state index in [1.807, 2.05) is 59.7 Å². The molecule has 1 aliphatic heterocycles. The van der Waals surface area contributed by atoms with Gasteiger partial charge in [0.2, 0.25) is 11.8 Å². The monoisotopic (exact) mass is 346 g/mol. The molecular weight excluding hydrogens is 316 g/mol. The van der Waals surface area contributed by atoms with Gasteiger partial charge in [0, 0.05) is 18.7 Å². The van der Waals surface area contributed by atoms with Gasteiger partial charge in [-0.15, -0.1) is 0 Å². The number of hydrogen-bond acceptors (Lipinski definition) is 3. The van der Waals surface area contributed by atoms with Gasteiger partial charge in [-0.2, -0.15) is 0 Å². The Hall–Kier alpha value is -2.04. The zero-order valence-corrected chi connectivity index (χ0v) is 16.2. The summed E-state index contributed by atoms with van der Waals surface area (Å²) in [6, 6.07) is 5.50. The molecule has 2 rings (SSSR count). The maximum absolute atomic E-state index is 12.9. The van der Waals surface area contributed by atoms with Crippen LogP contribution in [0.2, 0.25) is 0 Å². The quantitative estimate of drug-likeness (QED) is 0.888. The Balaban J connectivity index is 2.32. The molecule has 1 aromatic carbocycles. The van der Waals surface area contributed by atoms with Gasteiger partial charge in [0.05, 0.1) is 11.1 Å². The highest BCUT2D eigenvalue weighted by molar-refractivity contribution is 6.00. The first-order valence-corrected chi connectivity index (χ1v) is 8.92. The molecule has 1 aromatic rings. The van der Waals surface area contributed by atoms with Crippen molar-refractivity contribution in [2.75, 3.05) is 23.4 Å². The smallest absolute Gasteiger partial charge is 0.236 e. The Morgan fingerprint density at radius 2 is 2.00 bits per heavy atom. The predicted molar refractivity (Wildman–Crippen MR) is 101 cm³/mol. The van der Waals surface area contributed by atoms with Gasteiger partial charge in [-0.05, 0) is 43.9 Å². The molecule has 5 nitrogen and oxygen atoms in total. The first-order valence-electron chi connectivity index (χ1n) is 8.92. The number of nitrogens with zero attached hydrogens (tertiary/aromatic N) is 1. The zero-order valence-electron chi connectivity index (χ0n) is 16.2. The maximum atomic E-state index is 12.9. The number of nitrogens with one attached hydrogen (secondary N) is 1. The van der Waals surface area contributed by atoms with E-state index < -0.39 is 5.41 Å². The van der Waals surface area contributed by atoms with Crippen LogP contribution in [0.5, 0.6) is 5.75 Å². The molecule has 2 amide bonds. The highest BCUT2D eigenvalue weighted by Gasteiger charge is 2.37. The van der Waals surface area contributed by atoms with Gasteiger partial charge < -0.3 is 15.0 Å². The summed E-state index contributed by atoms with van der Waals surface area (Å²) in [5.41, 5.74) is 0.757. The van der Waals surface area contributed by atoms with Crippen molar-refractivity contribution in [3.8, 4) is 5.75 Å². The lowest BCUT2D eigenvalue weighted by molar-refractivity contribution is -0.127. The molecule has 0 aliphatic carbocycles. The van der Waals surface area contributed by atoms with Crippen molar-refractivity contribution in [2.24, 2.45) is 10.8 Å². The first kappa shape index (κ1) is 19.3. The van der Waals surface area contributed by atoms with E-state index in [-0.39, 0.29) is 17.2 Å². The highest BCUT2D eigenvalue weighted by atomic mass is 16.5. The number of rotatable bonds is 4. The van der Waals surface area contributed by atoms with E-state index in [0.29, 0.717) is 31.0 Å². The Morgan fingerprint density at radius 1 is 1.32 bits per heavy atom. The van der Waals surface area contributed by atoms with E-state index in [1.54, 1.807) is 4.90 Å². The highest BCUT2D eigenvalue weighted by Crippen LogP contribution is 2.38. The number of ether oxygens (including phenoxy) is 1. The van der Waals surface area contributed by atoms with Crippen molar-refractivity contribution in [1.82, 2.24) is 0 Å². The van der Waals surface area contributed by atoms with E-state index in [4.69, 9.17) is 4.74 Å². The van der Waals surface area contributed by atoms with Crippen LogP contribution in [0.4, 0.5) is 11.4 Å². The van der Waals surface area contributed by atoms with Crippen LogP contribution >= 0.6 is 0 Å². The average Bonchev–Trinajstić information content (AvgIpc) is 2.56. The largest absolute Gasteiger partial charge is 0.490 e. The Labute approximate surface area is 150 Å². The van der Waals surface area contributed by atoms with E-state index in [0.717, 1.165) is 12.1 Å². The second-order valence-electron chi connectivity index (χ2n) is 8.60. The third-order valence-electron chi connectivity index (χ3n) is 4.08. The zero-order chi connectivity index (χ0) is 18.8. The predicted octanol–water partition coefficient (Wildman–Crippen LogP) is 4.22. The third-order valence-corrected chi connectivity index (χ3v) is 4.08. The van der Waals surface area contributed by atoms with Gasteiger partial charge >= 0.3 is 0 Å². The minimum absolute atomic E-state index is 0.0318. The number of anilines is 2. The molecule has 138 valence electrons. The Bertz CT molecular complexity index is 659. The van der Waals surface area contributed by atoms with Gasteiger partial charge in [-0.3, -0.25) is 9.59 Å². The average molecular weight is 346 g/mol. The summed E-state index contributed by atoms with van der Waals surface area (Å²) in [5.74, 6) is 0.697. The lowest BCUT2D eigenvalue weighted by Gasteiger charge is -2.28. The van der Waals surface area contributed by atoms with Crippen LogP contribution in [0, 0.1) is 10.8 Å². The molecule has 0 saturated carbocycles. The summed E-state index contributed by atoms with van der Waals surface area (Å²) in [7, 11) is 0. The van der Waals surface area contributed by atoms with E-state index in [1.165, 1.54) is 0 Å². The molecular formula is C20H30N2O3. The molecule has 0 fully saturated rings. The fraction of sp³-hybridized carbons (Fsp3) is 0.600. The van der Waals surface area contributed by atoms with Crippen molar-refractivity contribution < 1.29 is 14.3 Å². The van der Waals surface area contributed by atoms with Crippen LogP contribution in [-0.4, -0.2) is 25.0 Å². The van der Waals surface area contributed by atoms with Crippen molar-refractivity contribution in [2.45, 2.75) is 54.4 Å². The number of hydrogen-bond donors (Lipinski definition) is 1. The van der Waals surface area contributed by atoms with Crippen LogP contribution in [0.15, 0.2) is 18.2 Å². The normalized spacial score (nSPS) is 16.7. The number of fused-ring (bicyclic) bond motifs is 1. The molecule has 0 saturated heterocycles. The molecule has 0 bridgehead atoms. The van der Waals surface area contributed by atoms with Crippen LogP contribution < -0.4 is 15.0 Å². The van der Waals surface area contributed by atoms with E-state index in [9.17, 15) is 9.59 Å². The van der Waals surface area contributed by atoms with Crippen LogP contribution in [0.25, 0.3) is 0 Å². The molecule has 0 atom stereocenters. The Morgan fingerprint density at radius 3 is 2.60 bits per heavy atom. The minimum Gasteiger partial charge on any atom is -0.490 e. The minimum atomic E-state index is -0.580. The van der Waals surface area contributed by atoms with Crippen LogP contribution in [-0.2, 0) is 9.59 Å². The summed E-state index contributed by atoms with van der Waals surface area (Å²) in [6.45, 7) is 12.9. The third kappa shape index (κ3) is 4.74. The van der Waals surface area contributed by atoms with Crippen molar-refractivity contribution in [1.29, 1.82) is 0 Å². The van der Waals surface area contributed by atoms with Gasteiger partial charge in [0.1, 0.15) is 12.4 Å². The molecule has 25 heavy (non-hydrogen) atoms. The maximum Gasteiger partial charge on any atom is 0.236 e. The van der Waals surface area contributed by atoms with Crippen LogP contribution in [0.1, 0.15) is 54.4 Å². The second kappa shape index (κ2) is 7.06. The number of benzene rings is 1. The van der Waals surface area contributed by atoms with Crippen molar-refractivity contribution >= 4 is 23.2 Å². The van der Waals surface area contributed by atoms with Crippen LogP contribution in [0.3, 0.4) is 0 Å². The summed E-state index contributed by atoms with van der Waals surface area (Å²) >= 11 is 0. The molecule has 1 aliphatic rings. The molecule has 0 unspecified atom stereocenters. The summed E-state index contributed by atoms with van der Waals surface area (Å²) in [6.07, 6.45) is 1.28. The van der Waals surface area contributed by atoms with E-state index in [2.05, 4.69) is 5.32 Å². The summed E-state index contributed by atoms with van der Waals surface area (Å²) < 4.78 is 5.88. The Kier molecular flexibility index (Phi) is 5.45. The summed E-state index contributed by atoms with van der Waals surface area (Å²) in [5, 5.41) is 2.93. The number of carbonyl (C=O) groups is 2. The lowest BCUT2D eigenvalue weighted by atomic mass is 9.92. The van der Waals surface area contributed by atoms with E-state index >= 15 is 0 Å². The van der Waals surface area contributed by atoms with Gasteiger partial charge in [0.15, 0.2) is 0 Å². The summed E-state index contributed by atoms with van der Waals surface area (Å²) in [4.78, 5) is 26.9. The molecule has 1 N–H and O–H groups in total. The fourth-order valence-electron chi connectivity index (χ4n) is 2.86. The second-order valence-corrected chi connectivity index (χ2v) is 8.60. The molecule has 1 heterocycles. The molecule has 0 radical (unpaired) electrons. The lowest BCUT2D eigenvalue weighted by Crippen LogP contribution is -2.42. The van der Waals surface area contributed by atoms with Gasteiger partial charge in [-0.25, -0.2) is 0 Å². The molecule has 0 spiro atoms. The number of amides is 2. The van der Waals surface area contributed by atoms with Crippen molar-refractivity contribution in [3.05, 3.63) is 18.2 Å². The fourth-order valence-corrected chi connectivity index (χ4v) is 2.86. The SMILES string of the molecule is CCCN1C(=O)C(C)(C)COc2ccc(NC(=O)CC(C)(C)C)cc21.